The van der Waals surface area contributed by atoms with Crippen LogP contribution in [0.2, 0.25) is 0 Å². The van der Waals surface area contributed by atoms with E-state index in [0.717, 1.165) is 23.1 Å². The van der Waals surface area contributed by atoms with Crippen LogP contribution >= 0.6 is 11.8 Å². The van der Waals surface area contributed by atoms with Gasteiger partial charge in [-0.15, -0.1) is 0 Å². The lowest BCUT2D eigenvalue weighted by Gasteiger charge is -2.27. The van der Waals surface area contributed by atoms with E-state index in [1.54, 1.807) is 0 Å². The van der Waals surface area contributed by atoms with Gasteiger partial charge in [0.1, 0.15) is 0 Å². The Morgan fingerprint density at radius 3 is 2.53 bits per heavy atom. The molecular formula is C13H25NS. The van der Waals surface area contributed by atoms with Crippen LogP contribution in [0, 0.1) is 0 Å². The molecule has 0 spiro atoms. The fraction of sp³-hybridized carbons (Fsp3) is 1.00. The highest BCUT2D eigenvalue weighted by molar-refractivity contribution is 8.00. The van der Waals surface area contributed by atoms with Gasteiger partial charge in [-0.3, -0.25) is 0 Å². The third-order valence-corrected chi connectivity index (χ3v) is 5.61. The van der Waals surface area contributed by atoms with Gasteiger partial charge < -0.3 is 5.32 Å². The van der Waals surface area contributed by atoms with Crippen molar-refractivity contribution in [1.29, 1.82) is 0 Å². The maximum absolute atomic E-state index is 3.66. The molecule has 2 aliphatic rings. The summed E-state index contributed by atoms with van der Waals surface area (Å²) in [6.07, 6.45) is 11.7. The molecule has 0 saturated heterocycles. The van der Waals surface area contributed by atoms with Crippen LogP contribution in [0.3, 0.4) is 0 Å². The van der Waals surface area contributed by atoms with Crippen LogP contribution in [-0.2, 0) is 0 Å². The summed E-state index contributed by atoms with van der Waals surface area (Å²) in [7, 11) is 0. The van der Waals surface area contributed by atoms with E-state index in [9.17, 15) is 0 Å². The Morgan fingerprint density at radius 1 is 1.00 bits per heavy atom. The van der Waals surface area contributed by atoms with Gasteiger partial charge in [0.25, 0.3) is 0 Å². The van der Waals surface area contributed by atoms with Gasteiger partial charge in [-0.2, -0.15) is 11.8 Å². The number of rotatable bonds is 4. The van der Waals surface area contributed by atoms with Crippen molar-refractivity contribution in [2.24, 2.45) is 0 Å². The summed E-state index contributed by atoms with van der Waals surface area (Å²) >= 11 is 2.31. The Balaban J connectivity index is 1.76. The molecule has 0 aromatic carbocycles. The summed E-state index contributed by atoms with van der Waals surface area (Å²) in [5.74, 6) is 0. The van der Waals surface area contributed by atoms with Crippen molar-refractivity contribution in [3.05, 3.63) is 0 Å². The van der Waals surface area contributed by atoms with Crippen molar-refractivity contribution in [2.75, 3.05) is 6.54 Å². The van der Waals surface area contributed by atoms with Crippen LogP contribution in [0.5, 0.6) is 0 Å². The van der Waals surface area contributed by atoms with Crippen LogP contribution in [0.25, 0.3) is 0 Å². The van der Waals surface area contributed by atoms with Crippen molar-refractivity contribution < 1.29 is 0 Å². The van der Waals surface area contributed by atoms with Gasteiger partial charge in [0.2, 0.25) is 0 Å². The largest absolute Gasteiger partial charge is 0.313 e. The average Bonchev–Trinajstić information content (AvgIpc) is 2.68. The molecule has 2 rings (SSSR count). The van der Waals surface area contributed by atoms with E-state index in [1.165, 1.54) is 51.4 Å². The molecule has 1 N–H and O–H groups in total. The fourth-order valence-corrected chi connectivity index (χ4v) is 4.86. The Hall–Kier alpha value is 0.310. The lowest BCUT2D eigenvalue weighted by Crippen LogP contribution is -2.35. The Labute approximate surface area is 98.8 Å². The number of hydrogen-bond acceptors (Lipinski definition) is 2. The fourth-order valence-electron chi connectivity index (χ4n) is 3.03. The van der Waals surface area contributed by atoms with Crippen molar-refractivity contribution in [2.45, 2.75) is 74.8 Å². The molecule has 0 radical (unpaired) electrons. The SMILES string of the molecule is CCNC1CCCC1SC1CCCCC1. The monoisotopic (exact) mass is 227 g/mol. The van der Waals surface area contributed by atoms with Gasteiger partial charge in [-0.1, -0.05) is 32.6 Å². The standard InChI is InChI=1S/C13H25NS/c1-2-14-12-9-6-10-13(12)15-11-7-4-3-5-8-11/h11-14H,2-10H2,1H3. The van der Waals surface area contributed by atoms with Crippen LogP contribution in [0.15, 0.2) is 0 Å². The normalized spacial score (nSPS) is 33.4. The second kappa shape index (κ2) is 6.15. The van der Waals surface area contributed by atoms with Gasteiger partial charge in [-0.05, 0) is 32.2 Å². The van der Waals surface area contributed by atoms with E-state index in [-0.39, 0.29) is 0 Å². The minimum absolute atomic E-state index is 0.821. The lowest BCUT2D eigenvalue weighted by molar-refractivity contribution is 0.508. The first kappa shape index (κ1) is 11.8. The summed E-state index contributed by atoms with van der Waals surface area (Å²) < 4.78 is 0. The molecule has 2 heteroatoms. The molecule has 2 saturated carbocycles. The van der Waals surface area contributed by atoms with E-state index < -0.39 is 0 Å². The van der Waals surface area contributed by atoms with Crippen molar-refractivity contribution in [3.63, 3.8) is 0 Å². The molecule has 15 heavy (non-hydrogen) atoms. The Bertz CT molecular complexity index is 177. The molecule has 2 fully saturated rings. The molecule has 2 unspecified atom stereocenters. The number of thioether (sulfide) groups is 1. The first-order chi connectivity index (χ1) is 7.40. The predicted octanol–water partition coefficient (Wildman–Crippen LogP) is 3.58. The first-order valence-corrected chi connectivity index (χ1v) is 7.73. The van der Waals surface area contributed by atoms with Gasteiger partial charge in [-0.25, -0.2) is 0 Å². The van der Waals surface area contributed by atoms with E-state index in [1.807, 2.05) is 0 Å². The maximum atomic E-state index is 3.66. The number of hydrogen-bond donors (Lipinski definition) is 1. The van der Waals surface area contributed by atoms with Crippen LogP contribution in [0.4, 0.5) is 0 Å². The molecule has 2 atom stereocenters. The molecule has 0 amide bonds. The highest BCUT2D eigenvalue weighted by atomic mass is 32.2. The molecule has 0 bridgehead atoms. The van der Waals surface area contributed by atoms with Crippen molar-refractivity contribution >= 4 is 11.8 Å². The summed E-state index contributed by atoms with van der Waals surface area (Å²) in [5, 5.41) is 5.58. The summed E-state index contributed by atoms with van der Waals surface area (Å²) in [4.78, 5) is 0. The van der Waals surface area contributed by atoms with Crippen LogP contribution in [0.1, 0.15) is 58.3 Å². The van der Waals surface area contributed by atoms with Crippen molar-refractivity contribution in [1.82, 2.24) is 5.32 Å². The van der Waals surface area contributed by atoms with E-state index in [0.29, 0.717) is 0 Å². The highest BCUT2D eigenvalue weighted by Gasteiger charge is 2.29. The molecule has 0 aromatic rings. The Morgan fingerprint density at radius 2 is 1.80 bits per heavy atom. The van der Waals surface area contributed by atoms with E-state index in [4.69, 9.17) is 0 Å². The molecule has 88 valence electrons. The van der Waals surface area contributed by atoms with Crippen LogP contribution in [-0.4, -0.2) is 23.1 Å². The summed E-state index contributed by atoms with van der Waals surface area (Å²) in [6.45, 7) is 3.38. The first-order valence-electron chi connectivity index (χ1n) is 6.79. The van der Waals surface area contributed by atoms with Gasteiger partial charge >= 0.3 is 0 Å². The zero-order chi connectivity index (χ0) is 10.5. The molecule has 2 aliphatic carbocycles. The van der Waals surface area contributed by atoms with Gasteiger partial charge in [0.05, 0.1) is 0 Å². The lowest BCUT2D eigenvalue weighted by atomic mass is 10.0. The third kappa shape index (κ3) is 3.39. The molecule has 0 aliphatic heterocycles. The highest BCUT2D eigenvalue weighted by Crippen LogP contribution is 2.37. The van der Waals surface area contributed by atoms with E-state index in [2.05, 4.69) is 24.0 Å². The summed E-state index contributed by atoms with van der Waals surface area (Å²) in [6, 6.07) is 0.821. The second-order valence-corrected chi connectivity index (χ2v) is 6.57. The Kier molecular flexibility index (Phi) is 4.83. The molecule has 1 nitrogen and oxygen atoms in total. The minimum atomic E-state index is 0.821. The topological polar surface area (TPSA) is 12.0 Å². The van der Waals surface area contributed by atoms with E-state index >= 15 is 0 Å². The average molecular weight is 227 g/mol. The second-order valence-electron chi connectivity index (χ2n) is 5.03. The summed E-state index contributed by atoms with van der Waals surface area (Å²) in [5.41, 5.74) is 0. The minimum Gasteiger partial charge on any atom is -0.313 e. The predicted molar refractivity (Wildman–Crippen MR) is 69.6 cm³/mol. The zero-order valence-corrected chi connectivity index (χ0v) is 10.8. The molecular weight excluding hydrogens is 202 g/mol. The molecule has 0 heterocycles. The van der Waals surface area contributed by atoms with Gasteiger partial charge in [0.15, 0.2) is 0 Å². The van der Waals surface area contributed by atoms with Gasteiger partial charge in [0, 0.05) is 16.5 Å². The molecule has 0 aromatic heterocycles. The smallest absolute Gasteiger partial charge is 0.0203 e. The zero-order valence-electron chi connectivity index (χ0n) is 10.0. The van der Waals surface area contributed by atoms with Crippen LogP contribution < -0.4 is 5.32 Å². The number of nitrogens with one attached hydrogen (secondary N) is 1. The third-order valence-electron chi connectivity index (χ3n) is 3.84. The maximum Gasteiger partial charge on any atom is 0.0203 e. The quantitative estimate of drug-likeness (QED) is 0.788. The van der Waals surface area contributed by atoms with Crippen molar-refractivity contribution in [3.8, 4) is 0 Å².